The zero-order valence-corrected chi connectivity index (χ0v) is 11.9. The molecule has 0 aromatic heterocycles. The number of hydrogen-bond acceptors (Lipinski definition) is 2. The third-order valence-corrected chi connectivity index (χ3v) is 3.32. The molecule has 0 saturated heterocycles. The van der Waals surface area contributed by atoms with Crippen molar-refractivity contribution in [1.29, 1.82) is 0 Å². The van der Waals surface area contributed by atoms with Gasteiger partial charge in [-0.1, -0.05) is 37.3 Å². The number of rotatable bonds is 6. The van der Waals surface area contributed by atoms with Crippen molar-refractivity contribution in [2.24, 2.45) is 5.92 Å². The van der Waals surface area contributed by atoms with E-state index in [-0.39, 0.29) is 5.82 Å². The molecule has 0 amide bonds. The standard InChI is InChI=1S/C17H18FNO2/c1-13(17(20)21)11-19(16-5-3-2-4-6-16)12-14-7-9-15(18)10-8-14/h2-10,13H,11-12H2,1H3,(H,20,21). The van der Waals surface area contributed by atoms with Crippen LogP contribution in [0.1, 0.15) is 12.5 Å². The Hall–Kier alpha value is -2.36. The molecule has 2 aromatic carbocycles. The monoisotopic (exact) mass is 287 g/mol. The van der Waals surface area contributed by atoms with Crippen molar-refractivity contribution in [2.45, 2.75) is 13.5 Å². The van der Waals surface area contributed by atoms with E-state index in [0.29, 0.717) is 13.1 Å². The zero-order chi connectivity index (χ0) is 15.2. The second-order valence-electron chi connectivity index (χ2n) is 5.08. The molecule has 1 N–H and O–H groups in total. The summed E-state index contributed by atoms with van der Waals surface area (Å²) in [5.41, 5.74) is 1.90. The Balaban J connectivity index is 2.19. The molecule has 2 aromatic rings. The van der Waals surface area contributed by atoms with Crippen molar-refractivity contribution in [3.8, 4) is 0 Å². The summed E-state index contributed by atoms with van der Waals surface area (Å²) in [6.07, 6.45) is 0. The lowest BCUT2D eigenvalue weighted by atomic mass is 10.1. The summed E-state index contributed by atoms with van der Waals surface area (Å²) in [7, 11) is 0. The van der Waals surface area contributed by atoms with Gasteiger partial charge in [0.05, 0.1) is 5.92 Å². The Morgan fingerprint density at radius 3 is 2.33 bits per heavy atom. The van der Waals surface area contributed by atoms with Crippen LogP contribution < -0.4 is 4.90 Å². The molecule has 1 atom stereocenters. The first-order valence-corrected chi connectivity index (χ1v) is 6.83. The summed E-state index contributed by atoms with van der Waals surface area (Å²) in [5.74, 6) is -1.58. The third-order valence-electron chi connectivity index (χ3n) is 3.32. The summed E-state index contributed by atoms with van der Waals surface area (Å²) in [5, 5.41) is 9.10. The van der Waals surface area contributed by atoms with Gasteiger partial charge in [0.1, 0.15) is 5.82 Å². The maximum atomic E-state index is 13.0. The number of carboxylic acid groups (broad SMARTS) is 1. The van der Waals surface area contributed by atoms with Crippen LogP contribution in [0.3, 0.4) is 0 Å². The average Bonchev–Trinajstić information content (AvgIpc) is 2.49. The highest BCUT2D eigenvalue weighted by Gasteiger charge is 2.16. The van der Waals surface area contributed by atoms with Gasteiger partial charge in [-0.25, -0.2) is 4.39 Å². The lowest BCUT2D eigenvalue weighted by molar-refractivity contribution is -0.140. The molecular formula is C17H18FNO2. The number of hydrogen-bond donors (Lipinski definition) is 1. The van der Waals surface area contributed by atoms with Crippen molar-refractivity contribution in [2.75, 3.05) is 11.4 Å². The molecule has 0 heterocycles. The first-order chi connectivity index (χ1) is 10.1. The highest BCUT2D eigenvalue weighted by molar-refractivity contribution is 5.70. The van der Waals surface area contributed by atoms with Gasteiger partial charge in [-0.05, 0) is 29.8 Å². The predicted octanol–water partition coefficient (Wildman–Crippen LogP) is 3.55. The molecule has 110 valence electrons. The molecule has 1 unspecified atom stereocenters. The second-order valence-corrected chi connectivity index (χ2v) is 5.08. The summed E-state index contributed by atoms with van der Waals surface area (Å²) < 4.78 is 13.0. The Morgan fingerprint density at radius 2 is 1.76 bits per heavy atom. The maximum Gasteiger partial charge on any atom is 0.308 e. The number of benzene rings is 2. The smallest absolute Gasteiger partial charge is 0.308 e. The highest BCUT2D eigenvalue weighted by atomic mass is 19.1. The molecule has 0 radical (unpaired) electrons. The van der Waals surface area contributed by atoms with E-state index in [1.54, 1.807) is 19.1 Å². The Morgan fingerprint density at radius 1 is 1.14 bits per heavy atom. The summed E-state index contributed by atoms with van der Waals surface area (Å²) in [6, 6.07) is 15.9. The van der Waals surface area contributed by atoms with E-state index >= 15 is 0 Å². The first kappa shape index (κ1) is 15.0. The van der Waals surface area contributed by atoms with Crippen molar-refractivity contribution < 1.29 is 14.3 Å². The lowest BCUT2D eigenvalue weighted by Gasteiger charge is -2.26. The van der Waals surface area contributed by atoms with E-state index in [4.69, 9.17) is 5.11 Å². The molecule has 0 aliphatic heterocycles. The number of para-hydroxylation sites is 1. The van der Waals surface area contributed by atoms with Gasteiger partial charge in [0.2, 0.25) is 0 Å². The SMILES string of the molecule is CC(CN(Cc1ccc(F)cc1)c1ccccc1)C(=O)O. The largest absolute Gasteiger partial charge is 0.481 e. The van der Waals surface area contributed by atoms with Crippen LogP contribution in [0.5, 0.6) is 0 Å². The van der Waals surface area contributed by atoms with E-state index in [9.17, 15) is 9.18 Å². The molecule has 0 spiro atoms. The van der Waals surface area contributed by atoms with Gasteiger partial charge in [0, 0.05) is 18.8 Å². The summed E-state index contributed by atoms with van der Waals surface area (Å²) in [4.78, 5) is 13.1. The van der Waals surface area contributed by atoms with Gasteiger partial charge in [-0.3, -0.25) is 4.79 Å². The van der Waals surface area contributed by atoms with Crippen molar-refractivity contribution >= 4 is 11.7 Å². The molecule has 0 aliphatic rings. The number of nitrogens with zero attached hydrogens (tertiary/aromatic N) is 1. The van der Waals surface area contributed by atoms with Crippen LogP contribution in [0, 0.1) is 11.7 Å². The number of carboxylic acids is 1. The van der Waals surface area contributed by atoms with Crippen molar-refractivity contribution in [1.82, 2.24) is 0 Å². The number of anilines is 1. The van der Waals surface area contributed by atoms with Crippen LogP contribution in [0.25, 0.3) is 0 Å². The fraction of sp³-hybridized carbons (Fsp3) is 0.235. The minimum atomic E-state index is -0.824. The van der Waals surface area contributed by atoms with Gasteiger partial charge in [-0.2, -0.15) is 0 Å². The van der Waals surface area contributed by atoms with Gasteiger partial charge < -0.3 is 10.0 Å². The van der Waals surface area contributed by atoms with E-state index in [1.165, 1.54) is 12.1 Å². The first-order valence-electron chi connectivity index (χ1n) is 6.83. The maximum absolute atomic E-state index is 13.0. The average molecular weight is 287 g/mol. The van der Waals surface area contributed by atoms with Crippen LogP contribution in [-0.2, 0) is 11.3 Å². The molecule has 2 rings (SSSR count). The summed E-state index contributed by atoms with van der Waals surface area (Å²) in [6.45, 7) is 2.63. The Kier molecular flexibility index (Phi) is 4.93. The van der Waals surface area contributed by atoms with E-state index in [0.717, 1.165) is 11.3 Å². The van der Waals surface area contributed by atoms with Crippen LogP contribution >= 0.6 is 0 Å². The van der Waals surface area contributed by atoms with Crippen LogP contribution in [-0.4, -0.2) is 17.6 Å². The van der Waals surface area contributed by atoms with Crippen molar-refractivity contribution in [3.63, 3.8) is 0 Å². The van der Waals surface area contributed by atoms with Crippen LogP contribution in [0.2, 0.25) is 0 Å². The van der Waals surface area contributed by atoms with Gasteiger partial charge in [0.15, 0.2) is 0 Å². The van der Waals surface area contributed by atoms with E-state index in [1.807, 2.05) is 35.2 Å². The molecule has 0 fully saturated rings. The summed E-state index contributed by atoms with van der Waals surface area (Å²) >= 11 is 0. The van der Waals surface area contributed by atoms with Gasteiger partial charge >= 0.3 is 5.97 Å². The Labute approximate surface area is 123 Å². The molecular weight excluding hydrogens is 269 g/mol. The molecule has 0 aliphatic carbocycles. The Bertz CT molecular complexity index is 583. The predicted molar refractivity (Wildman–Crippen MR) is 80.7 cm³/mol. The zero-order valence-electron chi connectivity index (χ0n) is 11.9. The van der Waals surface area contributed by atoms with E-state index in [2.05, 4.69) is 0 Å². The minimum absolute atomic E-state index is 0.274. The third kappa shape index (κ3) is 4.31. The number of halogens is 1. The second kappa shape index (κ2) is 6.88. The highest BCUT2D eigenvalue weighted by Crippen LogP contribution is 2.19. The van der Waals surface area contributed by atoms with Gasteiger partial charge in [-0.15, -0.1) is 0 Å². The molecule has 4 heteroatoms. The molecule has 0 bridgehead atoms. The fourth-order valence-electron chi connectivity index (χ4n) is 2.12. The number of carbonyl (C=O) groups is 1. The molecule has 0 saturated carbocycles. The van der Waals surface area contributed by atoms with E-state index < -0.39 is 11.9 Å². The molecule has 3 nitrogen and oxygen atoms in total. The molecule has 21 heavy (non-hydrogen) atoms. The fourth-order valence-corrected chi connectivity index (χ4v) is 2.12. The van der Waals surface area contributed by atoms with Crippen LogP contribution in [0.15, 0.2) is 54.6 Å². The number of aliphatic carboxylic acids is 1. The normalized spacial score (nSPS) is 11.9. The lowest BCUT2D eigenvalue weighted by Crippen LogP contribution is -2.31. The van der Waals surface area contributed by atoms with Crippen LogP contribution in [0.4, 0.5) is 10.1 Å². The van der Waals surface area contributed by atoms with Crippen molar-refractivity contribution in [3.05, 3.63) is 66.0 Å². The minimum Gasteiger partial charge on any atom is -0.481 e. The topological polar surface area (TPSA) is 40.5 Å². The quantitative estimate of drug-likeness (QED) is 0.883. The van der Waals surface area contributed by atoms with Gasteiger partial charge in [0.25, 0.3) is 0 Å².